The van der Waals surface area contributed by atoms with Gasteiger partial charge in [-0.25, -0.2) is 0 Å². The standard InChI is InChI=1S/C20H34O4/c1-2-3-4-5-6-7-8-9-10-11-12-14-17(21)20-18(24-20)15-13-16-19(22)23/h9-10,12,14,17-18,20-21H,2-8,11,13,15-16H2,1H3,(H,22,23)/b10-9-,14-12-. The number of carboxylic acid groups (broad SMARTS) is 1. The predicted molar refractivity (Wildman–Crippen MR) is 97.0 cm³/mol. The molecule has 24 heavy (non-hydrogen) atoms. The molecular weight excluding hydrogens is 304 g/mol. The van der Waals surface area contributed by atoms with Gasteiger partial charge in [0.25, 0.3) is 0 Å². The maximum absolute atomic E-state index is 10.4. The van der Waals surface area contributed by atoms with Gasteiger partial charge in [0.2, 0.25) is 0 Å². The second-order valence-corrected chi connectivity index (χ2v) is 6.61. The lowest BCUT2D eigenvalue weighted by Gasteiger charge is -2.00. The molecule has 0 aromatic carbocycles. The fraction of sp³-hybridized carbons (Fsp3) is 0.750. The third-order valence-corrected chi connectivity index (χ3v) is 4.33. The van der Waals surface area contributed by atoms with E-state index in [1.165, 1.54) is 38.5 Å². The summed E-state index contributed by atoms with van der Waals surface area (Å²) in [5.74, 6) is -0.777. The molecule has 1 aliphatic heterocycles. The Balaban J connectivity index is 1.97. The Hall–Kier alpha value is -1.13. The monoisotopic (exact) mass is 338 g/mol. The van der Waals surface area contributed by atoms with Gasteiger partial charge < -0.3 is 14.9 Å². The molecule has 0 aromatic heterocycles. The highest BCUT2D eigenvalue weighted by molar-refractivity contribution is 5.66. The van der Waals surface area contributed by atoms with Gasteiger partial charge in [0.15, 0.2) is 0 Å². The SMILES string of the molecule is CCCCCCCC/C=C\C/C=C\C(O)C1OC1CCCC(=O)O. The highest BCUT2D eigenvalue weighted by atomic mass is 16.6. The average Bonchev–Trinajstić information content (AvgIpc) is 3.31. The molecule has 1 saturated heterocycles. The Morgan fingerprint density at radius 2 is 1.83 bits per heavy atom. The van der Waals surface area contributed by atoms with Gasteiger partial charge in [0, 0.05) is 6.42 Å². The minimum Gasteiger partial charge on any atom is -0.481 e. The lowest BCUT2D eigenvalue weighted by Crippen LogP contribution is -2.13. The van der Waals surface area contributed by atoms with Crippen molar-refractivity contribution in [2.24, 2.45) is 0 Å². The van der Waals surface area contributed by atoms with E-state index in [2.05, 4.69) is 19.1 Å². The Labute approximate surface area is 146 Å². The highest BCUT2D eigenvalue weighted by Crippen LogP contribution is 2.30. The van der Waals surface area contributed by atoms with Gasteiger partial charge in [0.05, 0.1) is 6.10 Å². The first-order valence-corrected chi connectivity index (χ1v) is 9.52. The van der Waals surface area contributed by atoms with Crippen LogP contribution < -0.4 is 0 Å². The van der Waals surface area contributed by atoms with Gasteiger partial charge in [-0.2, -0.15) is 0 Å². The molecule has 0 spiro atoms. The van der Waals surface area contributed by atoms with Crippen LogP contribution in [0.4, 0.5) is 0 Å². The van der Waals surface area contributed by atoms with Crippen molar-refractivity contribution in [2.75, 3.05) is 0 Å². The first-order valence-electron chi connectivity index (χ1n) is 9.52. The number of epoxide rings is 1. The Morgan fingerprint density at radius 1 is 1.08 bits per heavy atom. The van der Waals surface area contributed by atoms with Gasteiger partial charge in [-0.3, -0.25) is 4.79 Å². The van der Waals surface area contributed by atoms with Crippen molar-refractivity contribution in [3.63, 3.8) is 0 Å². The lowest BCUT2D eigenvalue weighted by atomic mass is 10.1. The van der Waals surface area contributed by atoms with Crippen molar-refractivity contribution in [1.29, 1.82) is 0 Å². The number of hydrogen-bond acceptors (Lipinski definition) is 3. The molecule has 1 rings (SSSR count). The largest absolute Gasteiger partial charge is 0.481 e. The summed E-state index contributed by atoms with van der Waals surface area (Å²) in [5.41, 5.74) is 0. The van der Waals surface area contributed by atoms with Crippen LogP contribution in [-0.4, -0.2) is 34.5 Å². The lowest BCUT2D eigenvalue weighted by molar-refractivity contribution is -0.137. The molecule has 2 N–H and O–H groups in total. The summed E-state index contributed by atoms with van der Waals surface area (Å²) in [6.45, 7) is 2.24. The summed E-state index contributed by atoms with van der Waals surface area (Å²) in [7, 11) is 0. The van der Waals surface area contributed by atoms with E-state index in [1.54, 1.807) is 6.08 Å². The summed E-state index contributed by atoms with van der Waals surface area (Å²) in [6, 6.07) is 0. The van der Waals surface area contributed by atoms with E-state index < -0.39 is 12.1 Å². The number of ether oxygens (including phenoxy) is 1. The molecular formula is C20H34O4. The number of unbranched alkanes of at least 4 members (excludes halogenated alkanes) is 6. The van der Waals surface area contributed by atoms with Crippen LogP contribution in [0.2, 0.25) is 0 Å². The van der Waals surface area contributed by atoms with E-state index in [0.29, 0.717) is 12.8 Å². The number of aliphatic hydroxyl groups excluding tert-OH is 1. The Kier molecular flexibility index (Phi) is 11.5. The molecule has 1 aliphatic rings. The molecule has 4 nitrogen and oxygen atoms in total. The van der Waals surface area contributed by atoms with Gasteiger partial charge in [-0.1, -0.05) is 63.3 Å². The van der Waals surface area contributed by atoms with Crippen LogP contribution in [0, 0.1) is 0 Å². The number of carboxylic acids is 1. The zero-order valence-electron chi connectivity index (χ0n) is 15.0. The summed E-state index contributed by atoms with van der Waals surface area (Å²) < 4.78 is 5.40. The van der Waals surface area contributed by atoms with E-state index in [1.807, 2.05) is 6.08 Å². The highest BCUT2D eigenvalue weighted by Gasteiger charge is 2.42. The number of allylic oxidation sites excluding steroid dienone is 3. The normalized spacial score (nSPS) is 21.6. The van der Waals surface area contributed by atoms with E-state index in [9.17, 15) is 9.90 Å². The van der Waals surface area contributed by atoms with Crippen molar-refractivity contribution >= 4 is 5.97 Å². The molecule has 138 valence electrons. The fourth-order valence-corrected chi connectivity index (χ4v) is 2.81. The van der Waals surface area contributed by atoms with Crippen LogP contribution in [0.15, 0.2) is 24.3 Å². The van der Waals surface area contributed by atoms with Crippen LogP contribution >= 0.6 is 0 Å². The zero-order valence-corrected chi connectivity index (χ0v) is 15.0. The number of carbonyl (C=O) groups is 1. The summed E-state index contributed by atoms with van der Waals surface area (Å²) in [4.78, 5) is 10.4. The molecule has 4 heteroatoms. The van der Waals surface area contributed by atoms with Crippen molar-refractivity contribution in [1.82, 2.24) is 0 Å². The zero-order chi connectivity index (χ0) is 17.6. The first kappa shape index (κ1) is 20.9. The fourth-order valence-electron chi connectivity index (χ4n) is 2.81. The maximum atomic E-state index is 10.4. The van der Waals surface area contributed by atoms with Crippen molar-refractivity contribution in [3.05, 3.63) is 24.3 Å². The number of aliphatic hydroxyl groups is 1. The maximum Gasteiger partial charge on any atom is 0.303 e. The topological polar surface area (TPSA) is 70.1 Å². The van der Waals surface area contributed by atoms with Crippen molar-refractivity contribution in [2.45, 2.75) is 95.9 Å². The number of aliphatic carboxylic acids is 1. The van der Waals surface area contributed by atoms with E-state index in [4.69, 9.17) is 9.84 Å². The van der Waals surface area contributed by atoms with Crippen LogP contribution in [0.5, 0.6) is 0 Å². The van der Waals surface area contributed by atoms with Gasteiger partial charge in [0.1, 0.15) is 12.2 Å². The molecule has 1 heterocycles. The van der Waals surface area contributed by atoms with Gasteiger partial charge >= 0.3 is 5.97 Å². The summed E-state index contributed by atoms with van der Waals surface area (Å²) >= 11 is 0. The summed E-state index contributed by atoms with van der Waals surface area (Å²) in [5, 5.41) is 18.5. The summed E-state index contributed by atoms with van der Waals surface area (Å²) in [6.07, 6.45) is 18.8. The third kappa shape index (κ3) is 10.6. The number of hydrogen-bond donors (Lipinski definition) is 2. The Bertz CT molecular complexity index is 389. The molecule has 1 fully saturated rings. The van der Waals surface area contributed by atoms with Crippen LogP contribution in [0.25, 0.3) is 0 Å². The van der Waals surface area contributed by atoms with Crippen LogP contribution in [0.3, 0.4) is 0 Å². The van der Waals surface area contributed by atoms with Crippen molar-refractivity contribution < 1.29 is 19.7 Å². The van der Waals surface area contributed by atoms with E-state index in [-0.39, 0.29) is 18.6 Å². The minimum absolute atomic E-state index is 0.0206. The molecule has 0 radical (unpaired) electrons. The van der Waals surface area contributed by atoms with Gasteiger partial charge in [-0.05, 0) is 32.1 Å². The van der Waals surface area contributed by atoms with Crippen LogP contribution in [-0.2, 0) is 9.53 Å². The molecule has 0 aliphatic carbocycles. The second kappa shape index (κ2) is 13.2. The Morgan fingerprint density at radius 3 is 2.58 bits per heavy atom. The molecule has 0 bridgehead atoms. The molecule has 0 aromatic rings. The average molecular weight is 338 g/mol. The predicted octanol–water partition coefficient (Wildman–Crippen LogP) is 4.62. The first-order chi connectivity index (χ1) is 11.6. The van der Waals surface area contributed by atoms with Gasteiger partial charge in [-0.15, -0.1) is 0 Å². The quantitative estimate of drug-likeness (QED) is 0.260. The van der Waals surface area contributed by atoms with E-state index in [0.717, 1.165) is 12.8 Å². The number of rotatable bonds is 15. The van der Waals surface area contributed by atoms with Crippen LogP contribution in [0.1, 0.15) is 77.6 Å². The molecule has 0 amide bonds. The molecule has 3 unspecified atom stereocenters. The minimum atomic E-state index is -0.777. The molecule has 3 atom stereocenters. The van der Waals surface area contributed by atoms with E-state index >= 15 is 0 Å². The third-order valence-electron chi connectivity index (χ3n) is 4.33. The van der Waals surface area contributed by atoms with Crippen molar-refractivity contribution in [3.8, 4) is 0 Å². The second-order valence-electron chi connectivity index (χ2n) is 6.61. The smallest absolute Gasteiger partial charge is 0.303 e. The molecule has 0 saturated carbocycles.